The van der Waals surface area contributed by atoms with Crippen molar-refractivity contribution < 1.29 is 9.47 Å². The summed E-state index contributed by atoms with van der Waals surface area (Å²) < 4.78 is 11.2. The van der Waals surface area contributed by atoms with Gasteiger partial charge >= 0.3 is 0 Å². The van der Waals surface area contributed by atoms with Crippen LogP contribution in [0, 0.1) is 11.8 Å². The maximum Gasteiger partial charge on any atom is 0.184 e. The van der Waals surface area contributed by atoms with Crippen LogP contribution in [0.1, 0.15) is 50.0 Å². The van der Waals surface area contributed by atoms with Crippen LogP contribution in [0.15, 0.2) is 24.3 Å². The van der Waals surface area contributed by atoms with Gasteiger partial charge < -0.3 is 9.47 Å². The van der Waals surface area contributed by atoms with E-state index in [9.17, 15) is 0 Å². The fourth-order valence-electron chi connectivity index (χ4n) is 3.28. The van der Waals surface area contributed by atoms with Gasteiger partial charge in [0.1, 0.15) is 0 Å². The number of benzene rings is 1. The molecule has 0 N–H and O–H groups in total. The minimum atomic E-state index is -0.133. The highest BCUT2D eigenvalue weighted by atomic mass is 16.7. The fourth-order valence-corrected chi connectivity index (χ4v) is 3.28. The molecule has 1 aliphatic carbocycles. The van der Waals surface area contributed by atoms with E-state index in [0.717, 1.165) is 25.0 Å². The molecule has 2 aliphatic rings. The van der Waals surface area contributed by atoms with E-state index in [1.165, 1.54) is 43.2 Å². The SMILES string of the molecule is CC1CCC(Cc2cccc(C3OCCO3)c2)CC1. The summed E-state index contributed by atoms with van der Waals surface area (Å²) in [6.07, 6.45) is 6.67. The third-order valence-corrected chi connectivity index (χ3v) is 4.50. The first-order valence-corrected chi connectivity index (χ1v) is 7.63. The maximum absolute atomic E-state index is 5.58. The summed E-state index contributed by atoms with van der Waals surface area (Å²) in [5, 5.41) is 0. The average molecular weight is 260 g/mol. The summed E-state index contributed by atoms with van der Waals surface area (Å²) >= 11 is 0. The van der Waals surface area contributed by atoms with Crippen LogP contribution in [0.5, 0.6) is 0 Å². The van der Waals surface area contributed by atoms with E-state index in [1.54, 1.807) is 0 Å². The Morgan fingerprint density at radius 1 is 1.05 bits per heavy atom. The molecule has 1 aromatic rings. The molecule has 0 amide bonds. The normalized spacial score (nSPS) is 28.7. The van der Waals surface area contributed by atoms with E-state index in [2.05, 4.69) is 31.2 Å². The molecule has 0 radical (unpaired) electrons. The first-order chi connectivity index (χ1) is 9.31. The summed E-state index contributed by atoms with van der Waals surface area (Å²) in [6.45, 7) is 3.82. The highest BCUT2D eigenvalue weighted by molar-refractivity contribution is 5.25. The lowest BCUT2D eigenvalue weighted by atomic mass is 9.80. The van der Waals surface area contributed by atoms with Gasteiger partial charge in [0.05, 0.1) is 13.2 Å². The van der Waals surface area contributed by atoms with Gasteiger partial charge in [-0.15, -0.1) is 0 Å². The van der Waals surface area contributed by atoms with E-state index < -0.39 is 0 Å². The molecule has 1 heterocycles. The molecule has 2 fully saturated rings. The van der Waals surface area contributed by atoms with Crippen LogP contribution in [-0.4, -0.2) is 13.2 Å². The number of rotatable bonds is 3. The van der Waals surface area contributed by atoms with Gasteiger partial charge in [0.25, 0.3) is 0 Å². The van der Waals surface area contributed by atoms with Gasteiger partial charge in [-0.1, -0.05) is 44.0 Å². The third-order valence-electron chi connectivity index (χ3n) is 4.50. The molecule has 104 valence electrons. The Morgan fingerprint density at radius 3 is 2.53 bits per heavy atom. The van der Waals surface area contributed by atoms with E-state index >= 15 is 0 Å². The Labute approximate surface area is 116 Å². The van der Waals surface area contributed by atoms with Gasteiger partial charge in [-0.3, -0.25) is 0 Å². The zero-order valence-electron chi connectivity index (χ0n) is 11.8. The second-order valence-electron chi connectivity index (χ2n) is 6.15. The molecule has 0 unspecified atom stereocenters. The highest BCUT2D eigenvalue weighted by Crippen LogP contribution is 2.31. The second-order valence-corrected chi connectivity index (χ2v) is 6.15. The zero-order valence-corrected chi connectivity index (χ0v) is 11.8. The molecule has 1 saturated carbocycles. The van der Waals surface area contributed by atoms with Crippen LogP contribution in [0.2, 0.25) is 0 Å². The molecule has 19 heavy (non-hydrogen) atoms. The minimum absolute atomic E-state index is 0.133. The van der Waals surface area contributed by atoms with Crippen molar-refractivity contribution in [3.05, 3.63) is 35.4 Å². The monoisotopic (exact) mass is 260 g/mol. The second kappa shape index (κ2) is 6.06. The Hall–Kier alpha value is -0.860. The molecule has 1 aliphatic heterocycles. The molecule has 2 heteroatoms. The zero-order chi connectivity index (χ0) is 13.1. The Balaban J connectivity index is 1.62. The van der Waals surface area contributed by atoms with Crippen molar-refractivity contribution in [2.45, 2.75) is 45.3 Å². The van der Waals surface area contributed by atoms with Crippen molar-refractivity contribution in [3.8, 4) is 0 Å². The van der Waals surface area contributed by atoms with Crippen molar-refractivity contribution >= 4 is 0 Å². The molecule has 0 bridgehead atoms. The Bertz CT molecular complexity index is 401. The Kier molecular flexibility index (Phi) is 4.19. The summed E-state index contributed by atoms with van der Waals surface area (Å²) in [5.74, 6) is 1.81. The van der Waals surface area contributed by atoms with E-state index in [1.807, 2.05) is 0 Å². The highest BCUT2D eigenvalue weighted by Gasteiger charge is 2.20. The average Bonchev–Trinajstić information content (AvgIpc) is 2.96. The Morgan fingerprint density at radius 2 is 1.79 bits per heavy atom. The predicted molar refractivity (Wildman–Crippen MR) is 75.9 cm³/mol. The van der Waals surface area contributed by atoms with Crippen molar-refractivity contribution in [1.29, 1.82) is 0 Å². The van der Waals surface area contributed by atoms with Gasteiger partial charge in [-0.25, -0.2) is 0 Å². The smallest absolute Gasteiger partial charge is 0.184 e. The molecule has 0 spiro atoms. The summed E-state index contributed by atoms with van der Waals surface area (Å²) in [5.41, 5.74) is 2.62. The first-order valence-electron chi connectivity index (χ1n) is 7.63. The van der Waals surface area contributed by atoms with Crippen molar-refractivity contribution in [2.24, 2.45) is 11.8 Å². The lowest BCUT2D eigenvalue weighted by Gasteiger charge is -2.26. The summed E-state index contributed by atoms with van der Waals surface area (Å²) in [4.78, 5) is 0. The third kappa shape index (κ3) is 3.37. The molecule has 3 rings (SSSR count). The molecule has 0 aromatic heterocycles. The van der Waals surface area contributed by atoms with E-state index in [0.29, 0.717) is 0 Å². The summed E-state index contributed by atoms with van der Waals surface area (Å²) in [6, 6.07) is 8.77. The number of ether oxygens (including phenoxy) is 2. The van der Waals surface area contributed by atoms with Crippen LogP contribution in [0.25, 0.3) is 0 Å². The van der Waals surface area contributed by atoms with Crippen LogP contribution >= 0.6 is 0 Å². The number of hydrogen-bond donors (Lipinski definition) is 0. The molecule has 0 atom stereocenters. The quantitative estimate of drug-likeness (QED) is 0.814. The van der Waals surface area contributed by atoms with Gasteiger partial charge in [0.2, 0.25) is 0 Å². The lowest BCUT2D eigenvalue weighted by Crippen LogP contribution is -2.14. The van der Waals surface area contributed by atoms with Crippen LogP contribution in [0.3, 0.4) is 0 Å². The predicted octanol–water partition coefficient (Wildman–Crippen LogP) is 4.10. The maximum atomic E-state index is 5.58. The molecule has 2 nitrogen and oxygen atoms in total. The first kappa shape index (κ1) is 13.1. The molecule has 1 saturated heterocycles. The van der Waals surface area contributed by atoms with Crippen molar-refractivity contribution in [2.75, 3.05) is 13.2 Å². The van der Waals surface area contributed by atoms with Crippen LogP contribution in [0.4, 0.5) is 0 Å². The lowest BCUT2D eigenvalue weighted by molar-refractivity contribution is -0.0441. The molecule has 1 aromatic carbocycles. The van der Waals surface area contributed by atoms with E-state index in [-0.39, 0.29) is 6.29 Å². The fraction of sp³-hybridized carbons (Fsp3) is 0.647. The van der Waals surface area contributed by atoms with Gasteiger partial charge in [0, 0.05) is 5.56 Å². The minimum Gasteiger partial charge on any atom is -0.346 e. The molecular formula is C17H24O2. The topological polar surface area (TPSA) is 18.5 Å². The van der Waals surface area contributed by atoms with E-state index in [4.69, 9.17) is 9.47 Å². The van der Waals surface area contributed by atoms with Crippen molar-refractivity contribution in [3.63, 3.8) is 0 Å². The van der Waals surface area contributed by atoms with Crippen LogP contribution in [-0.2, 0) is 15.9 Å². The van der Waals surface area contributed by atoms with Gasteiger partial charge in [-0.2, -0.15) is 0 Å². The standard InChI is InChI=1S/C17H24O2/c1-13-5-7-14(8-6-13)11-15-3-2-4-16(12-15)17-18-9-10-19-17/h2-4,12-14,17H,5-11H2,1H3. The number of hydrogen-bond acceptors (Lipinski definition) is 2. The van der Waals surface area contributed by atoms with Crippen LogP contribution < -0.4 is 0 Å². The van der Waals surface area contributed by atoms with Gasteiger partial charge in [0.15, 0.2) is 6.29 Å². The van der Waals surface area contributed by atoms with Crippen molar-refractivity contribution in [1.82, 2.24) is 0 Å². The largest absolute Gasteiger partial charge is 0.346 e. The molecular weight excluding hydrogens is 236 g/mol. The summed E-state index contributed by atoms with van der Waals surface area (Å²) in [7, 11) is 0. The van der Waals surface area contributed by atoms with Gasteiger partial charge in [-0.05, 0) is 36.7 Å².